The minimum atomic E-state index is -0.295. The number of thiazole rings is 1. The van der Waals surface area contributed by atoms with E-state index in [-0.39, 0.29) is 30.3 Å². The maximum atomic E-state index is 13.1. The van der Waals surface area contributed by atoms with E-state index in [0.29, 0.717) is 22.1 Å². The molecule has 1 amide bonds. The highest BCUT2D eigenvalue weighted by Gasteiger charge is 2.33. The number of benzene rings is 1. The second kappa shape index (κ2) is 6.99. The number of amides is 1. The summed E-state index contributed by atoms with van der Waals surface area (Å²) < 4.78 is 13.1. The van der Waals surface area contributed by atoms with E-state index in [4.69, 9.17) is 0 Å². The number of halogens is 1. The van der Waals surface area contributed by atoms with Crippen LogP contribution in [0.15, 0.2) is 24.3 Å². The summed E-state index contributed by atoms with van der Waals surface area (Å²) in [6.07, 6.45) is 1.98. The Morgan fingerprint density at radius 3 is 2.79 bits per heavy atom. The van der Waals surface area contributed by atoms with E-state index in [1.807, 2.05) is 6.92 Å². The third-order valence-corrected chi connectivity index (χ3v) is 5.84. The highest BCUT2D eigenvalue weighted by Crippen LogP contribution is 2.31. The average Bonchev–Trinajstić information content (AvgIpc) is 2.96. The summed E-state index contributed by atoms with van der Waals surface area (Å²) in [6.45, 7) is 4.54. The molecule has 2 atom stereocenters. The molecular formula is C18H21FN2O2S. The zero-order valence-electron chi connectivity index (χ0n) is 13.8. The lowest BCUT2D eigenvalue weighted by Crippen LogP contribution is -2.49. The summed E-state index contributed by atoms with van der Waals surface area (Å²) in [6, 6.07) is 5.98. The molecule has 128 valence electrons. The Labute approximate surface area is 145 Å². The minimum absolute atomic E-state index is 0.0183. The van der Waals surface area contributed by atoms with Crippen LogP contribution in [-0.4, -0.2) is 40.1 Å². The first-order chi connectivity index (χ1) is 11.5. The van der Waals surface area contributed by atoms with Crippen molar-refractivity contribution in [1.29, 1.82) is 0 Å². The third kappa shape index (κ3) is 3.21. The van der Waals surface area contributed by atoms with Gasteiger partial charge in [0, 0.05) is 12.1 Å². The van der Waals surface area contributed by atoms with Crippen LogP contribution in [0, 0.1) is 18.7 Å². The molecule has 0 saturated carbocycles. The van der Waals surface area contributed by atoms with Crippen LogP contribution >= 0.6 is 11.3 Å². The number of nitrogens with zero attached hydrogens (tertiary/aromatic N) is 2. The van der Waals surface area contributed by atoms with Gasteiger partial charge in [0.2, 0.25) is 0 Å². The average molecular weight is 348 g/mol. The molecule has 4 nitrogen and oxygen atoms in total. The molecule has 0 bridgehead atoms. The molecule has 1 aliphatic rings. The van der Waals surface area contributed by atoms with Crippen LogP contribution in [0.2, 0.25) is 0 Å². The van der Waals surface area contributed by atoms with Gasteiger partial charge in [0.1, 0.15) is 15.7 Å². The molecule has 24 heavy (non-hydrogen) atoms. The summed E-state index contributed by atoms with van der Waals surface area (Å²) in [4.78, 5) is 19.8. The van der Waals surface area contributed by atoms with Crippen molar-refractivity contribution in [3.05, 3.63) is 40.7 Å². The predicted molar refractivity (Wildman–Crippen MR) is 92.6 cm³/mol. The first-order valence-corrected chi connectivity index (χ1v) is 8.98. The maximum absolute atomic E-state index is 13.1. The number of carbonyl (C=O) groups is 1. The number of hydrogen-bond acceptors (Lipinski definition) is 4. The number of aromatic nitrogens is 1. The fourth-order valence-corrected chi connectivity index (χ4v) is 4.25. The lowest BCUT2D eigenvalue weighted by Gasteiger charge is -2.38. The number of rotatable bonds is 3. The molecule has 1 aromatic heterocycles. The normalized spacial score (nSPS) is 21.1. The molecular weight excluding hydrogens is 327 g/mol. The molecule has 2 unspecified atom stereocenters. The van der Waals surface area contributed by atoms with Gasteiger partial charge in [0.15, 0.2) is 0 Å². The molecule has 0 aliphatic carbocycles. The Bertz CT molecular complexity index is 729. The van der Waals surface area contributed by atoms with E-state index in [1.165, 1.54) is 23.5 Å². The van der Waals surface area contributed by atoms with E-state index in [9.17, 15) is 14.3 Å². The maximum Gasteiger partial charge on any atom is 0.266 e. The third-order valence-electron chi connectivity index (χ3n) is 4.65. The van der Waals surface area contributed by atoms with Gasteiger partial charge < -0.3 is 10.0 Å². The Hall–Kier alpha value is -1.79. The van der Waals surface area contributed by atoms with Crippen LogP contribution in [0.5, 0.6) is 0 Å². The predicted octanol–water partition coefficient (Wildman–Crippen LogP) is 3.49. The second-order valence-electron chi connectivity index (χ2n) is 6.31. The monoisotopic (exact) mass is 348 g/mol. The molecule has 2 heterocycles. The summed E-state index contributed by atoms with van der Waals surface area (Å²) in [5, 5.41) is 10.4. The van der Waals surface area contributed by atoms with Crippen molar-refractivity contribution >= 4 is 17.2 Å². The van der Waals surface area contributed by atoms with Crippen LogP contribution in [-0.2, 0) is 0 Å². The van der Waals surface area contributed by atoms with Crippen LogP contribution < -0.4 is 0 Å². The van der Waals surface area contributed by atoms with Gasteiger partial charge in [-0.15, -0.1) is 11.3 Å². The van der Waals surface area contributed by atoms with Gasteiger partial charge in [0.25, 0.3) is 5.91 Å². The smallest absolute Gasteiger partial charge is 0.266 e. The molecule has 1 saturated heterocycles. The topological polar surface area (TPSA) is 53.4 Å². The van der Waals surface area contributed by atoms with Gasteiger partial charge in [-0.25, -0.2) is 9.37 Å². The van der Waals surface area contributed by atoms with Crippen LogP contribution in [0.4, 0.5) is 4.39 Å². The number of carbonyl (C=O) groups excluding carboxylic acids is 1. The van der Waals surface area contributed by atoms with E-state index in [1.54, 1.807) is 17.0 Å². The lowest BCUT2D eigenvalue weighted by atomic mass is 9.91. The molecule has 1 N–H and O–H groups in total. The zero-order valence-corrected chi connectivity index (χ0v) is 14.6. The Balaban J connectivity index is 1.89. The number of aliphatic hydroxyl groups excluding tert-OH is 1. The Morgan fingerprint density at radius 1 is 1.42 bits per heavy atom. The standard InChI is InChI=1S/C18H21FN2O2S/c1-11-4-3-9-21(15(11)10-22)18(23)16-12(2)20-17(24-16)13-5-7-14(19)8-6-13/h5-8,11,15,22H,3-4,9-10H2,1-2H3. The van der Waals surface area contributed by atoms with Crippen molar-refractivity contribution in [1.82, 2.24) is 9.88 Å². The summed E-state index contributed by atoms with van der Waals surface area (Å²) in [5.41, 5.74) is 1.48. The Kier molecular flexibility index (Phi) is 4.96. The van der Waals surface area contributed by atoms with Gasteiger partial charge in [-0.3, -0.25) is 4.79 Å². The van der Waals surface area contributed by atoms with E-state index >= 15 is 0 Å². The van der Waals surface area contributed by atoms with Crippen molar-refractivity contribution in [2.45, 2.75) is 32.7 Å². The largest absolute Gasteiger partial charge is 0.394 e. The van der Waals surface area contributed by atoms with Crippen LogP contribution in [0.25, 0.3) is 10.6 Å². The fraction of sp³-hybridized carbons (Fsp3) is 0.444. The molecule has 2 aromatic rings. The van der Waals surface area contributed by atoms with Crippen molar-refractivity contribution in [2.24, 2.45) is 5.92 Å². The van der Waals surface area contributed by atoms with Crippen LogP contribution in [0.3, 0.4) is 0 Å². The SMILES string of the molecule is Cc1nc(-c2ccc(F)cc2)sc1C(=O)N1CCCC(C)C1CO. The molecule has 1 aromatic carbocycles. The molecule has 6 heteroatoms. The van der Waals surface area contributed by atoms with Gasteiger partial charge in [-0.2, -0.15) is 0 Å². The first-order valence-electron chi connectivity index (χ1n) is 8.16. The molecule has 1 fully saturated rings. The van der Waals surface area contributed by atoms with Gasteiger partial charge in [-0.05, 0) is 49.9 Å². The first kappa shape index (κ1) is 17.0. The lowest BCUT2D eigenvalue weighted by molar-refractivity contribution is 0.0362. The number of likely N-dealkylation sites (tertiary alicyclic amines) is 1. The second-order valence-corrected chi connectivity index (χ2v) is 7.31. The highest BCUT2D eigenvalue weighted by molar-refractivity contribution is 7.17. The van der Waals surface area contributed by atoms with Crippen molar-refractivity contribution in [3.8, 4) is 10.6 Å². The van der Waals surface area contributed by atoms with E-state index in [0.717, 1.165) is 18.4 Å². The van der Waals surface area contributed by atoms with Gasteiger partial charge in [0.05, 0.1) is 18.3 Å². The highest BCUT2D eigenvalue weighted by atomic mass is 32.1. The summed E-state index contributed by atoms with van der Waals surface area (Å²) >= 11 is 1.33. The molecule has 1 aliphatic heterocycles. The van der Waals surface area contributed by atoms with E-state index in [2.05, 4.69) is 11.9 Å². The summed E-state index contributed by atoms with van der Waals surface area (Å²) in [5.74, 6) is -0.0714. The number of aryl methyl sites for hydroxylation is 1. The Morgan fingerprint density at radius 2 is 2.12 bits per heavy atom. The quantitative estimate of drug-likeness (QED) is 0.924. The fourth-order valence-electron chi connectivity index (χ4n) is 3.22. The van der Waals surface area contributed by atoms with Crippen molar-refractivity contribution in [3.63, 3.8) is 0 Å². The van der Waals surface area contributed by atoms with E-state index < -0.39 is 0 Å². The van der Waals surface area contributed by atoms with Crippen molar-refractivity contribution < 1.29 is 14.3 Å². The number of hydrogen-bond donors (Lipinski definition) is 1. The van der Waals surface area contributed by atoms with Crippen LogP contribution in [0.1, 0.15) is 35.1 Å². The zero-order chi connectivity index (χ0) is 17.3. The number of piperidine rings is 1. The van der Waals surface area contributed by atoms with Gasteiger partial charge in [-0.1, -0.05) is 6.92 Å². The molecule has 0 radical (unpaired) electrons. The van der Waals surface area contributed by atoms with Gasteiger partial charge >= 0.3 is 0 Å². The molecule has 3 rings (SSSR count). The minimum Gasteiger partial charge on any atom is -0.394 e. The molecule has 0 spiro atoms. The summed E-state index contributed by atoms with van der Waals surface area (Å²) in [7, 11) is 0. The van der Waals surface area contributed by atoms with Crippen molar-refractivity contribution in [2.75, 3.05) is 13.2 Å². The number of aliphatic hydroxyl groups is 1.